The number of hydrogen-bond donors (Lipinski definition) is 2. The van der Waals surface area contributed by atoms with Gasteiger partial charge < -0.3 is 0 Å². The highest BCUT2D eigenvalue weighted by Gasteiger charge is 2.06. The standard InChI is InChI=1S/C16H11Cl2N5O/c17-12-7-6-10(8-13(12)18)9-19-22-16-20-15(24)14(21-23-16)11-4-2-1-3-5-11/h1-9H,(H2,20,22,23,24)/b19-9+. The lowest BCUT2D eigenvalue weighted by molar-refractivity contribution is 0.947. The molecular formula is C16H11Cl2N5O. The Balaban J connectivity index is 1.74. The highest BCUT2D eigenvalue weighted by molar-refractivity contribution is 6.42. The van der Waals surface area contributed by atoms with E-state index < -0.39 is 0 Å². The van der Waals surface area contributed by atoms with Crippen LogP contribution in [0.5, 0.6) is 0 Å². The zero-order valence-corrected chi connectivity index (χ0v) is 13.7. The van der Waals surface area contributed by atoms with E-state index in [-0.39, 0.29) is 17.2 Å². The van der Waals surface area contributed by atoms with Crippen molar-refractivity contribution in [3.63, 3.8) is 0 Å². The van der Waals surface area contributed by atoms with Gasteiger partial charge in [0.2, 0.25) is 5.95 Å². The molecule has 3 aromatic rings. The van der Waals surface area contributed by atoms with Gasteiger partial charge in [-0.15, -0.1) is 10.2 Å². The minimum Gasteiger partial charge on any atom is -0.288 e. The molecule has 6 nitrogen and oxygen atoms in total. The molecule has 0 aliphatic heterocycles. The van der Waals surface area contributed by atoms with Crippen molar-refractivity contribution in [3.8, 4) is 11.3 Å². The number of aromatic nitrogens is 3. The first-order chi connectivity index (χ1) is 11.6. The Kier molecular flexibility index (Phi) is 4.88. The summed E-state index contributed by atoms with van der Waals surface area (Å²) in [5.41, 5.74) is 3.93. The number of H-pyrrole nitrogens is 1. The summed E-state index contributed by atoms with van der Waals surface area (Å²) in [5, 5.41) is 12.7. The molecule has 0 amide bonds. The molecule has 24 heavy (non-hydrogen) atoms. The van der Waals surface area contributed by atoms with Gasteiger partial charge in [-0.05, 0) is 17.7 Å². The lowest BCUT2D eigenvalue weighted by Gasteiger charge is -2.01. The molecule has 0 unspecified atom stereocenters. The van der Waals surface area contributed by atoms with Crippen molar-refractivity contribution in [1.29, 1.82) is 0 Å². The van der Waals surface area contributed by atoms with E-state index in [1.165, 1.54) is 6.21 Å². The van der Waals surface area contributed by atoms with Crippen LogP contribution in [-0.2, 0) is 0 Å². The highest BCUT2D eigenvalue weighted by Crippen LogP contribution is 2.21. The van der Waals surface area contributed by atoms with Crippen molar-refractivity contribution < 1.29 is 0 Å². The monoisotopic (exact) mass is 359 g/mol. The van der Waals surface area contributed by atoms with Gasteiger partial charge in [0.15, 0.2) is 5.69 Å². The average Bonchev–Trinajstić information content (AvgIpc) is 2.59. The molecule has 0 radical (unpaired) electrons. The first-order valence-corrected chi connectivity index (χ1v) is 7.65. The minimum absolute atomic E-state index is 0.135. The average molecular weight is 360 g/mol. The number of nitrogens with one attached hydrogen (secondary N) is 2. The van der Waals surface area contributed by atoms with E-state index in [1.807, 2.05) is 18.2 Å². The van der Waals surface area contributed by atoms with Gasteiger partial charge in [0, 0.05) is 5.56 Å². The van der Waals surface area contributed by atoms with Crippen LogP contribution in [0, 0.1) is 0 Å². The molecule has 2 aromatic carbocycles. The van der Waals surface area contributed by atoms with Crippen molar-refractivity contribution in [2.75, 3.05) is 5.43 Å². The fourth-order valence-corrected chi connectivity index (χ4v) is 2.24. The molecule has 0 aliphatic rings. The number of hydrogen-bond acceptors (Lipinski definition) is 5. The highest BCUT2D eigenvalue weighted by atomic mass is 35.5. The smallest absolute Gasteiger partial charge is 0.279 e. The number of halogens is 2. The van der Waals surface area contributed by atoms with Gasteiger partial charge in [-0.1, -0.05) is 59.6 Å². The topological polar surface area (TPSA) is 83.0 Å². The normalized spacial score (nSPS) is 10.9. The van der Waals surface area contributed by atoms with E-state index in [0.717, 1.165) is 5.56 Å². The molecule has 120 valence electrons. The summed E-state index contributed by atoms with van der Waals surface area (Å²) < 4.78 is 0. The Morgan fingerprint density at radius 2 is 1.83 bits per heavy atom. The second-order valence-electron chi connectivity index (χ2n) is 4.76. The van der Waals surface area contributed by atoms with E-state index >= 15 is 0 Å². The van der Waals surface area contributed by atoms with Crippen LogP contribution in [0.2, 0.25) is 10.0 Å². The Morgan fingerprint density at radius 1 is 1.04 bits per heavy atom. The number of benzene rings is 2. The Bertz CT molecular complexity index is 941. The molecule has 3 rings (SSSR count). The number of anilines is 1. The molecule has 0 saturated carbocycles. The largest absolute Gasteiger partial charge is 0.288 e. The van der Waals surface area contributed by atoms with Crippen LogP contribution >= 0.6 is 23.2 Å². The first-order valence-electron chi connectivity index (χ1n) is 6.90. The Hall–Kier alpha value is -2.70. The van der Waals surface area contributed by atoms with E-state index in [1.54, 1.807) is 30.3 Å². The number of hydrazone groups is 1. The lowest BCUT2D eigenvalue weighted by atomic mass is 10.2. The summed E-state index contributed by atoms with van der Waals surface area (Å²) in [5.74, 6) is 0.135. The van der Waals surface area contributed by atoms with Gasteiger partial charge in [-0.2, -0.15) is 5.10 Å². The summed E-state index contributed by atoms with van der Waals surface area (Å²) in [6.45, 7) is 0. The summed E-state index contributed by atoms with van der Waals surface area (Å²) >= 11 is 11.8. The molecule has 1 aromatic heterocycles. The third kappa shape index (κ3) is 3.79. The zero-order valence-electron chi connectivity index (χ0n) is 12.2. The van der Waals surface area contributed by atoms with Crippen molar-refractivity contribution in [3.05, 3.63) is 74.5 Å². The molecule has 0 bridgehead atoms. The van der Waals surface area contributed by atoms with Crippen LogP contribution in [0.3, 0.4) is 0 Å². The van der Waals surface area contributed by atoms with Gasteiger partial charge in [0.1, 0.15) is 0 Å². The maximum Gasteiger partial charge on any atom is 0.279 e. The third-order valence-electron chi connectivity index (χ3n) is 3.07. The third-order valence-corrected chi connectivity index (χ3v) is 3.81. The number of nitrogens with zero attached hydrogens (tertiary/aromatic N) is 3. The van der Waals surface area contributed by atoms with E-state index in [4.69, 9.17) is 23.2 Å². The van der Waals surface area contributed by atoms with E-state index in [2.05, 4.69) is 25.7 Å². The van der Waals surface area contributed by atoms with Crippen LogP contribution in [0.1, 0.15) is 5.56 Å². The molecule has 0 atom stereocenters. The SMILES string of the molecule is O=c1[nH]c(N/N=C/c2ccc(Cl)c(Cl)c2)nnc1-c1ccccc1. The summed E-state index contributed by atoms with van der Waals surface area (Å²) in [7, 11) is 0. The second kappa shape index (κ2) is 7.25. The minimum atomic E-state index is -0.358. The maximum absolute atomic E-state index is 12.1. The predicted molar refractivity (Wildman–Crippen MR) is 95.8 cm³/mol. The summed E-state index contributed by atoms with van der Waals surface area (Å²) in [6, 6.07) is 14.2. The first kappa shape index (κ1) is 16.2. The molecule has 0 aliphatic carbocycles. The van der Waals surface area contributed by atoms with Crippen LogP contribution in [0.15, 0.2) is 58.4 Å². The zero-order chi connectivity index (χ0) is 16.9. The summed E-state index contributed by atoms with van der Waals surface area (Å²) in [6.07, 6.45) is 1.52. The Morgan fingerprint density at radius 3 is 2.54 bits per heavy atom. The van der Waals surface area contributed by atoms with Crippen LogP contribution in [-0.4, -0.2) is 21.4 Å². The van der Waals surface area contributed by atoms with Crippen molar-refractivity contribution in [2.45, 2.75) is 0 Å². The fourth-order valence-electron chi connectivity index (χ4n) is 1.93. The summed E-state index contributed by atoms with van der Waals surface area (Å²) in [4.78, 5) is 14.7. The van der Waals surface area contributed by atoms with Gasteiger partial charge in [-0.3, -0.25) is 9.78 Å². The maximum atomic E-state index is 12.1. The quantitative estimate of drug-likeness (QED) is 0.550. The van der Waals surface area contributed by atoms with Gasteiger partial charge in [-0.25, -0.2) is 5.43 Å². The van der Waals surface area contributed by atoms with Crippen molar-refractivity contribution in [2.24, 2.45) is 5.10 Å². The predicted octanol–water partition coefficient (Wildman–Crippen LogP) is 3.58. The molecule has 0 saturated heterocycles. The van der Waals surface area contributed by atoms with Crippen LogP contribution < -0.4 is 11.0 Å². The van der Waals surface area contributed by atoms with Crippen LogP contribution in [0.4, 0.5) is 5.95 Å². The number of rotatable bonds is 4. The molecule has 0 spiro atoms. The van der Waals surface area contributed by atoms with E-state index in [0.29, 0.717) is 15.6 Å². The van der Waals surface area contributed by atoms with Crippen LogP contribution in [0.25, 0.3) is 11.3 Å². The molecule has 0 fully saturated rings. The van der Waals surface area contributed by atoms with Crippen molar-refractivity contribution in [1.82, 2.24) is 15.2 Å². The van der Waals surface area contributed by atoms with Gasteiger partial charge in [0.25, 0.3) is 5.56 Å². The second-order valence-corrected chi connectivity index (χ2v) is 5.58. The number of aromatic amines is 1. The van der Waals surface area contributed by atoms with Gasteiger partial charge in [0.05, 0.1) is 16.3 Å². The molecular weight excluding hydrogens is 349 g/mol. The molecule has 2 N–H and O–H groups in total. The van der Waals surface area contributed by atoms with Crippen molar-refractivity contribution >= 4 is 35.4 Å². The molecule has 8 heteroatoms. The van der Waals surface area contributed by atoms with Gasteiger partial charge >= 0.3 is 0 Å². The van der Waals surface area contributed by atoms with E-state index in [9.17, 15) is 4.79 Å². The molecule has 1 heterocycles. The lowest BCUT2D eigenvalue weighted by Crippen LogP contribution is -2.15. The fraction of sp³-hybridized carbons (Fsp3) is 0. The Labute approximate surface area is 147 Å².